The molecule has 2 nitrogen and oxygen atoms in total. The van der Waals surface area contributed by atoms with Gasteiger partial charge in [0.15, 0.2) is 0 Å². The SMILES string of the molecule is C=C(C)C(=O)N(c1ccccc1)c1ccc(C(CCC)C(C)(C)C)cc1. The van der Waals surface area contributed by atoms with E-state index in [9.17, 15) is 4.79 Å². The molecule has 1 atom stereocenters. The zero-order valence-corrected chi connectivity index (χ0v) is 16.8. The summed E-state index contributed by atoms with van der Waals surface area (Å²) in [5, 5.41) is 0. The van der Waals surface area contributed by atoms with Gasteiger partial charge in [-0.1, -0.05) is 71.0 Å². The Bertz CT molecular complexity index is 738. The lowest BCUT2D eigenvalue weighted by Crippen LogP contribution is -2.26. The van der Waals surface area contributed by atoms with Crippen LogP contribution in [-0.2, 0) is 4.79 Å². The lowest BCUT2D eigenvalue weighted by atomic mass is 9.74. The predicted molar refractivity (Wildman–Crippen MR) is 112 cm³/mol. The zero-order valence-electron chi connectivity index (χ0n) is 16.8. The molecule has 0 aromatic heterocycles. The van der Waals surface area contributed by atoms with Gasteiger partial charge in [-0.2, -0.15) is 0 Å². The maximum Gasteiger partial charge on any atom is 0.257 e. The lowest BCUT2D eigenvalue weighted by molar-refractivity contribution is -0.114. The van der Waals surface area contributed by atoms with E-state index in [2.05, 4.69) is 58.5 Å². The Labute approximate surface area is 158 Å². The van der Waals surface area contributed by atoms with Crippen molar-refractivity contribution in [3.05, 3.63) is 72.3 Å². The molecule has 0 heterocycles. The number of benzene rings is 2. The van der Waals surface area contributed by atoms with Crippen LogP contribution in [0.3, 0.4) is 0 Å². The van der Waals surface area contributed by atoms with Gasteiger partial charge in [0.1, 0.15) is 0 Å². The monoisotopic (exact) mass is 349 g/mol. The van der Waals surface area contributed by atoms with E-state index >= 15 is 0 Å². The van der Waals surface area contributed by atoms with Gasteiger partial charge in [-0.15, -0.1) is 0 Å². The number of anilines is 2. The molecule has 0 aliphatic heterocycles. The average Bonchev–Trinajstić information content (AvgIpc) is 2.60. The van der Waals surface area contributed by atoms with Crippen molar-refractivity contribution in [3.8, 4) is 0 Å². The molecule has 0 aliphatic rings. The van der Waals surface area contributed by atoms with Gasteiger partial charge < -0.3 is 0 Å². The van der Waals surface area contributed by atoms with Crippen LogP contribution in [0.15, 0.2) is 66.7 Å². The summed E-state index contributed by atoms with van der Waals surface area (Å²) < 4.78 is 0. The van der Waals surface area contributed by atoms with E-state index in [0.29, 0.717) is 11.5 Å². The minimum Gasteiger partial charge on any atom is -0.277 e. The third kappa shape index (κ3) is 4.63. The minimum absolute atomic E-state index is 0.0788. The first-order valence-electron chi connectivity index (χ1n) is 9.40. The molecule has 2 heteroatoms. The molecule has 2 aromatic rings. The normalized spacial score (nSPS) is 12.5. The van der Waals surface area contributed by atoms with E-state index in [1.807, 2.05) is 30.3 Å². The molecule has 1 amide bonds. The van der Waals surface area contributed by atoms with Crippen LogP contribution in [0.1, 0.15) is 58.9 Å². The summed E-state index contributed by atoms with van der Waals surface area (Å²) >= 11 is 0. The number of rotatable bonds is 6. The highest BCUT2D eigenvalue weighted by Gasteiger charge is 2.26. The second-order valence-corrected chi connectivity index (χ2v) is 8.06. The number of hydrogen-bond donors (Lipinski definition) is 0. The molecule has 2 aromatic carbocycles. The van der Waals surface area contributed by atoms with Gasteiger partial charge in [-0.25, -0.2) is 0 Å². The summed E-state index contributed by atoms with van der Waals surface area (Å²) in [7, 11) is 0. The quantitative estimate of drug-likeness (QED) is 0.522. The van der Waals surface area contributed by atoms with Crippen molar-refractivity contribution in [3.63, 3.8) is 0 Å². The fourth-order valence-electron chi connectivity index (χ4n) is 3.40. The van der Waals surface area contributed by atoms with E-state index in [-0.39, 0.29) is 11.3 Å². The molecular formula is C24H31NO. The van der Waals surface area contributed by atoms with Gasteiger partial charge in [0.05, 0.1) is 0 Å². The highest BCUT2D eigenvalue weighted by Crippen LogP contribution is 2.39. The minimum atomic E-state index is -0.0788. The summed E-state index contributed by atoms with van der Waals surface area (Å²) in [6, 6.07) is 18.2. The molecule has 1 unspecified atom stereocenters. The Morgan fingerprint density at radius 3 is 2.00 bits per heavy atom. The Morgan fingerprint density at radius 2 is 1.54 bits per heavy atom. The number of amides is 1. The van der Waals surface area contributed by atoms with Crippen molar-refractivity contribution in [2.75, 3.05) is 4.90 Å². The first-order valence-corrected chi connectivity index (χ1v) is 9.40. The van der Waals surface area contributed by atoms with Gasteiger partial charge in [-0.3, -0.25) is 9.69 Å². The van der Waals surface area contributed by atoms with Crippen LogP contribution in [0.2, 0.25) is 0 Å². The standard InChI is InChI=1S/C24H31NO/c1-7-11-22(24(4,5)6)19-14-16-21(17-15-19)25(23(26)18(2)3)20-12-9-8-10-13-20/h8-10,12-17,22H,2,7,11H2,1,3-6H3. The fourth-order valence-corrected chi connectivity index (χ4v) is 3.40. The van der Waals surface area contributed by atoms with Gasteiger partial charge >= 0.3 is 0 Å². The van der Waals surface area contributed by atoms with Crippen molar-refractivity contribution in [1.82, 2.24) is 0 Å². The molecule has 0 N–H and O–H groups in total. The van der Waals surface area contributed by atoms with E-state index in [4.69, 9.17) is 0 Å². The van der Waals surface area contributed by atoms with Crippen LogP contribution in [-0.4, -0.2) is 5.91 Å². The van der Waals surface area contributed by atoms with Gasteiger partial charge in [0, 0.05) is 16.9 Å². The van der Waals surface area contributed by atoms with Crippen molar-refractivity contribution in [2.24, 2.45) is 5.41 Å². The van der Waals surface area contributed by atoms with E-state index in [1.54, 1.807) is 11.8 Å². The number of para-hydroxylation sites is 1. The molecule has 0 saturated heterocycles. The first-order chi connectivity index (χ1) is 12.3. The molecule has 138 valence electrons. The Balaban J connectivity index is 2.42. The Hall–Kier alpha value is -2.35. The number of carbonyl (C=O) groups excluding carboxylic acids is 1. The second-order valence-electron chi connectivity index (χ2n) is 8.06. The molecule has 0 saturated carbocycles. The fraction of sp³-hybridized carbons (Fsp3) is 0.375. The van der Waals surface area contributed by atoms with Crippen molar-refractivity contribution < 1.29 is 4.79 Å². The van der Waals surface area contributed by atoms with Crippen molar-refractivity contribution in [1.29, 1.82) is 0 Å². The molecule has 26 heavy (non-hydrogen) atoms. The summed E-state index contributed by atoms with van der Waals surface area (Å²) in [5.41, 5.74) is 3.80. The van der Waals surface area contributed by atoms with E-state index in [1.165, 1.54) is 5.56 Å². The average molecular weight is 350 g/mol. The molecule has 0 aliphatic carbocycles. The van der Waals surface area contributed by atoms with Gasteiger partial charge in [-0.05, 0) is 54.5 Å². The highest BCUT2D eigenvalue weighted by atomic mass is 16.2. The van der Waals surface area contributed by atoms with Gasteiger partial charge in [0.2, 0.25) is 0 Å². The van der Waals surface area contributed by atoms with E-state index in [0.717, 1.165) is 24.2 Å². The van der Waals surface area contributed by atoms with Crippen LogP contribution >= 0.6 is 0 Å². The molecule has 0 bridgehead atoms. The zero-order chi connectivity index (χ0) is 19.3. The second kappa shape index (κ2) is 8.35. The number of carbonyl (C=O) groups is 1. The number of hydrogen-bond acceptors (Lipinski definition) is 1. The third-order valence-electron chi connectivity index (χ3n) is 4.76. The summed E-state index contributed by atoms with van der Waals surface area (Å²) in [4.78, 5) is 14.5. The topological polar surface area (TPSA) is 20.3 Å². The summed E-state index contributed by atoms with van der Waals surface area (Å²) in [6.45, 7) is 14.7. The first kappa shape index (κ1) is 20.0. The molecule has 0 spiro atoms. The summed E-state index contributed by atoms with van der Waals surface area (Å²) in [6.07, 6.45) is 2.32. The van der Waals surface area contributed by atoms with Crippen LogP contribution in [0.5, 0.6) is 0 Å². The predicted octanol–water partition coefficient (Wildman–Crippen LogP) is 6.86. The van der Waals surface area contributed by atoms with E-state index < -0.39 is 0 Å². The van der Waals surface area contributed by atoms with Crippen molar-refractivity contribution in [2.45, 2.75) is 53.4 Å². The Kier molecular flexibility index (Phi) is 6.42. The van der Waals surface area contributed by atoms with Crippen LogP contribution < -0.4 is 4.90 Å². The largest absolute Gasteiger partial charge is 0.277 e. The smallest absolute Gasteiger partial charge is 0.257 e. The third-order valence-corrected chi connectivity index (χ3v) is 4.76. The maximum absolute atomic E-state index is 12.8. The maximum atomic E-state index is 12.8. The lowest BCUT2D eigenvalue weighted by Gasteiger charge is -2.31. The number of nitrogens with zero attached hydrogens (tertiary/aromatic N) is 1. The van der Waals surface area contributed by atoms with Crippen LogP contribution in [0.4, 0.5) is 11.4 Å². The molecular weight excluding hydrogens is 318 g/mol. The van der Waals surface area contributed by atoms with Crippen LogP contribution in [0.25, 0.3) is 0 Å². The molecule has 0 fully saturated rings. The molecule has 0 radical (unpaired) electrons. The molecule has 2 rings (SSSR count). The highest BCUT2D eigenvalue weighted by molar-refractivity contribution is 6.09. The van der Waals surface area contributed by atoms with Gasteiger partial charge in [0.25, 0.3) is 5.91 Å². The Morgan fingerprint density at radius 1 is 1.00 bits per heavy atom. The van der Waals surface area contributed by atoms with Crippen molar-refractivity contribution >= 4 is 17.3 Å². The summed E-state index contributed by atoms with van der Waals surface area (Å²) in [5.74, 6) is 0.424. The van der Waals surface area contributed by atoms with Crippen LogP contribution in [0, 0.1) is 5.41 Å².